The van der Waals surface area contributed by atoms with Gasteiger partial charge in [-0.25, -0.2) is 13.4 Å². The Hall–Kier alpha value is -2.90. The second-order valence-electron chi connectivity index (χ2n) is 7.21. The minimum Gasteiger partial charge on any atom is -0.364 e. The first-order chi connectivity index (χ1) is 14.5. The zero-order chi connectivity index (χ0) is 20.8. The van der Waals surface area contributed by atoms with E-state index in [9.17, 15) is 8.42 Å². The number of fused-ring (bicyclic) bond motifs is 2. The number of H-pyrrole nitrogens is 1. The Bertz CT molecular complexity index is 1380. The molecule has 4 aromatic rings. The monoisotopic (exact) mass is 479 g/mol. The third kappa shape index (κ3) is 2.80. The summed E-state index contributed by atoms with van der Waals surface area (Å²) in [6, 6.07) is 20.5. The molecule has 1 aliphatic rings. The zero-order valence-corrected chi connectivity index (χ0v) is 18.2. The largest absolute Gasteiger partial charge is 0.364 e. The van der Waals surface area contributed by atoms with Crippen molar-refractivity contribution in [2.24, 2.45) is 0 Å². The second kappa shape index (κ2) is 7.11. The van der Waals surface area contributed by atoms with Gasteiger partial charge in [-0.3, -0.25) is 0 Å². The smallest absolute Gasteiger partial charge is 0.194 e. The van der Waals surface area contributed by atoms with E-state index in [2.05, 4.69) is 31.2 Å². The van der Waals surface area contributed by atoms with Crippen LogP contribution in [-0.2, 0) is 20.5 Å². The average molecular weight is 480 g/mol. The highest BCUT2D eigenvalue weighted by atomic mass is 79.9. The average Bonchev–Trinajstić information content (AvgIpc) is 3.19. The fourth-order valence-electron chi connectivity index (χ4n) is 4.12. The molecule has 0 fully saturated rings. The number of aromatic amines is 1. The first kappa shape index (κ1) is 19.1. The number of benzene rings is 2. The van der Waals surface area contributed by atoms with Crippen LogP contribution in [0.5, 0.6) is 0 Å². The number of sulfone groups is 1. The van der Waals surface area contributed by atoms with Crippen LogP contribution < -0.4 is 5.32 Å². The van der Waals surface area contributed by atoms with Crippen LogP contribution in [-0.4, -0.2) is 18.4 Å². The fraction of sp³-hybridized carbons (Fsp3) is 0.0870. The number of hydrogen-bond donors (Lipinski definition) is 2. The summed E-state index contributed by atoms with van der Waals surface area (Å²) in [6.07, 6.45) is 5.16. The van der Waals surface area contributed by atoms with E-state index in [4.69, 9.17) is 0 Å². The highest BCUT2D eigenvalue weighted by Crippen LogP contribution is 2.46. The zero-order valence-electron chi connectivity index (χ0n) is 15.8. The van der Waals surface area contributed by atoms with Crippen molar-refractivity contribution in [2.75, 3.05) is 0 Å². The van der Waals surface area contributed by atoms with Crippen LogP contribution in [0.1, 0.15) is 22.3 Å². The summed E-state index contributed by atoms with van der Waals surface area (Å²) in [5.41, 5.74) is 3.54. The predicted molar refractivity (Wildman–Crippen MR) is 122 cm³/mol. The second-order valence-corrected chi connectivity index (χ2v) is 10.2. The van der Waals surface area contributed by atoms with Gasteiger partial charge in [-0.1, -0.05) is 54.6 Å². The molecule has 0 aliphatic carbocycles. The summed E-state index contributed by atoms with van der Waals surface area (Å²) >= 11 is 3.57. The minimum atomic E-state index is -3.77. The van der Waals surface area contributed by atoms with Gasteiger partial charge in [0, 0.05) is 39.6 Å². The lowest BCUT2D eigenvalue weighted by Gasteiger charge is -2.38. The van der Waals surface area contributed by atoms with Crippen LogP contribution >= 0.6 is 15.9 Å². The summed E-state index contributed by atoms with van der Waals surface area (Å²) in [6.45, 7) is 0. The van der Waals surface area contributed by atoms with E-state index in [1.165, 1.54) is 0 Å². The van der Waals surface area contributed by atoms with Gasteiger partial charge in [0.05, 0.1) is 5.75 Å². The van der Waals surface area contributed by atoms with E-state index in [0.717, 1.165) is 21.0 Å². The Balaban J connectivity index is 1.82. The van der Waals surface area contributed by atoms with E-state index < -0.39 is 14.7 Å². The Labute approximate surface area is 182 Å². The third-order valence-corrected chi connectivity index (χ3v) is 8.32. The Morgan fingerprint density at radius 1 is 0.933 bits per heavy atom. The number of aromatic nitrogens is 2. The lowest BCUT2D eigenvalue weighted by molar-refractivity contribution is 0.528. The van der Waals surface area contributed by atoms with E-state index in [0.29, 0.717) is 16.8 Å². The number of pyridine rings is 1. The molecule has 5 rings (SSSR count). The maximum absolute atomic E-state index is 14.1. The molecule has 1 atom stereocenters. The van der Waals surface area contributed by atoms with Gasteiger partial charge in [0.25, 0.3) is 0 Å². The molecule has 0 amide bonds. The molecule has 150 valence electrons. The van der Waals surface area contributed by atoms with E-state index in [-0.39, 0.29) is 5.75 Å². The van der Waals surface area contributed by atoms with Gasteiger partial charge < -0.3 is 10.3 Å². The van der Waals surface area contributed by atoms with E-state index in [1.807, 2.05) is 66.7 Å². The highest BCUT2D eigenvalue weighted by Gasteiger charge is 2.50. The van der Waals surface area contributed by atoms with Crippen molar-refractivity contribution >= 4 is 41.3 Å². The molecular weight excluding hydrogens is 462 g/mol. The number of rotatable bonds is 4. The summed E-state index contributed by atoms with van der Waals surface area (Å²) in [4.78, 5) is 6.04. The molecule has 5 nitrogen and oxygen atoms in total. The van der Waals surface area contributed by atoms with Crippen LogP contribution in [0.4, 0.5) is 0 Å². The molecule has 2 aromatic heterocycles. The normalized spacial score (nSPS) is 18.5. The topological polar surface area (TPSA) is 74.8 Å². The maximum atomic E-state index is 14.1. The molecule has 0 saturated carbocycles. The first-order valence-corrected chi connectivity index (χ1v) is 11.9. The molecule has 0 bridgehead atoms. The van der Waals surface area contributed by atoms with Crippen LogP contribution in [0, 0.1) is 0 Å². The van der Waals surface area contributed by atoms with Gasteiger partial charge in [-0.05, 0) is 39.2 Å². The molecule has 0 spiro atoms. The van der Waals surface area contributed by atoms with Crippen molar-refractivity contribution in [1.29, 1.82) is 0 Å². The molecule has 30 heavy (non-hydrogen) atoms. The fourth-order valence-corrected chi connectivity index (χ4v) is 6.68. The van der Waals surface area contributed by atoms with Gasteiger partial charge in [-0.2, -0.15) is 0 Å². The lowest BCUT2D eigenvalue weighted by atomic mass is 9.91. The molecule has 0 radical (unpaired) electrons. The van der Waals surface area contributed by atoms with Crippen LogP contribution in [0.25, 0.3) is 15.5 Å². The number of nitrogens with zero attached hydrogens (tertiary/aromatic N) is 1. The van der Waals surface area contributed by atoms with Crippen molar-refractivity contribution in [3.05, 3.63) is 108 Å². The molecule has 0 saturated heterocycles. The Morgan fingerprint density at radius 2 is 1.70 bits per heavy atom. The summed E-state index contributed by atoms with van der Waals surface area (Å²) in [7, 11) is -3.77. The number of hydrogen-bond acceptors (Lipinski definition) is 4. The van der Waals surface area contributed by atoms with Crippen molar-refractivity contribution < 1.29 is 8.42 Å². The summed E-state index contributed by atoms with van der Waals surface area (Å²) in [5, 5.41) is 4.02. The molecule has 2 aromatic carbocycles. The van der Waals surface area contributed by atoms with E-state index >= 15 is 0 Å². The van der Waals surface area contributed by atoms with Crippen molar-refractivity contribution in [2.45, 2.75) is 10.6 Å². The van der Waals surface area contributed by atoms with Gasteiger partial charge in [0.1, 0.15) is 5.65 Å². The summed E-state index contributed by atoms with van der Waals surface area (Å²) < 4.78 is 29.1. The molecule has 1 unspecified atom stereocenters. The summed E-state index contributed by atoms with van der Waals surface area (Å²) in [5.74, 6) is -0.104. The predicted octanol–water partition coefficient (Wildman–Crippen LogP) is 4.68. The van der Waals surface area contributed by atoms with Crippen molar-refractivity contribution in [3.63, 3.8) is 0 Å². The Kier molecular flexibility index (Phi) is 4.52. The maximum Gasteiger partial charge on any atom is 0.194 e. The highest BCUT2D eigenvalue weighted by molar-refractivity contribution is 9.15. The molecule has 2 N–H and O–H groups in total. The molecule has 7 heteroatoms. The minimum absolute atomic E-state index is 0.104. The van der Waals surface area contributed by atoms with Gasteiger partial charge >= 0.3 is 0 Å². The number of halogens is 1. The molecule has 1 aliphatic heterocycles. The number of nitrogens with one attached hydrogen (secondary N) is 2. The molecule has 3 heterocycles. The van der Waals surface area contributed by atoms with Gasteiger partial charge in [-0.15, -0.1) is 0 Å². The standard InChI is InChI=1S/C23H18BrN3O2S/c24-21-14-27-23(19-11-5-4-9-17(19)21,20-13-26-22-18(20)10-6-12-25-22)30(28,29)15-16-7-2-1-3-8-16/h1-14,27H,15H2,(H,25,26). The van der Waals surface area contributed by atoms with Crippen LogP contribution in [0.2, 0.25) is 0 Å². The van der Waals surface area contributed by atoms with Gasteiger partial charge in [0.15, 0.2) is 14.7 Å². The van der Waals surface area contributed by atoms with Crippen LogP contribution in [0.15, 0.2) is 85.3 Å². The first-order valence-electron chi connectivity index (χ1n) is 9.45. The lowest BCUT2D eigenvalue weighted by Crippen LogP contribution is -2.50. The van der Waals surface area contributed by atoms with Gasteiger partial charge in [0.2, 0.25) is 0 Å². The van der Waals surface area contributed by atoms with E-state index in [1.54, 1.807) is 18.6 Å². The Morgan fingerprint density at radius 3 is 2.53 bits per heavy atom. The van der Waals surface area contributed by atoms with Crippen molar-refractivity contribution in [3.8, 4) is 0 Å². The quantitative estimate of drug-likeness (QED) is 0.445. The SMILES string of the molecule is O=S(=O)(Cc1ccccc1)C1(c2c[nH]c3ncccc23)NC=C(Br)c2ccccc21. The van der Waals surface area contributed by atoms with Crippen LogP contribution in [0.3, 0.4) is 0 Å². The van der Waals surface area contributed by atoms with Crippen molar-refractivity contribution in [1.82, 2.24) is 15.3 Å². The molecular formula is C23H18BrN3O2S. The third-order valence-electron chi connectivity index (χ3n) is 5.46.